The van der Waals surface area contributed by atoms with Gasteiger partial charge in [-0.05, 0) is 5.56 Å². The predicted octanol–water partition coefficient (Wildman–Crippen LogP) is 5.97. The van der Waals surface area contributed by atoms with E-state index >= 15 is 0 Å². The molecule has 27 heavy (non-hydrogen) atoms. The average Bonchev–Trinajstić information content (AvgIpc) is 2.67. The molecule has 0 aliphatic heterocycles. The van der Waals surface area contributed by atoms with Crippen molar-refractivity contribution in [2.75, 3.05) is 19.2 Å². The first-order chi connectivity index (χ1) is 12.5. The number of halogens is 8. The molecule has 1 aliphatic carbocycles. The Hall–Kier alpha value is -1.54. The van der Waals surface area contributed by atoms with Crippen LogP contribution in [0.25, 0.3) is 0 Å². The Morgan fingerprint density at radius 2 is 1.52 bits per heavy atom. The zero-order chi connectivity index (χ0) is 20.3. The summed E-state index contributed by atoms with van der Waals surface area (Å²) in [6, 6.07) is 9.08. The molecule has 0 atom stereocenters. The van der Waals surface area contributed by atoms with Crippen LogP contribution < -0.4 is 0 Å². The molecule has 0 saturated heterocycles. The van der Waals surface area contributed by atoms with Crippen LogP contribution in [0.3, 0.4) is 0 Å². The topological polar surface area (TPSA) is 9.23 Å². The highest BCUT2D eigenvalue weighted by Gasteiger charge is 2.73. The molecule has 0 bridgehead atoms. The van der Waals surface area contributed by atoms with E-state index < -0.39 is 36.7 Å². The molecule has 1 nitrogen and oxygen atoms in total. The Morgan fingerprint density at radius 1 is 0.963 bits per heavy atom. The highest BCUT2D eigenvalue weighted by atomic mass is 35.5. The van der Waals surface area contributed by atoms with Gasteiger partial charge in [-0.3, -0.25) is 0 Å². The molecule has 1 aliphatic rings. The van der Waals surface area contributed by atoms with Crippen LogP contribution in [0.2, 0.25) is 0 Å². The van der Waals surface area contributed by atoms with E-state index in [1.165, 1.54) is 12.2 Å². The van der Waals surface area contributed by atoms with Gasteiger partial charge in [0.05, 0.1) is 6.61 Å². The van der Waals surface area contributed by atoms with E-state index in [1.54, 1.807) is 24.3 Å². The van der Waals surface area contributed by atoms with Gasteiger partial charge in [0.2, 0.25) is 0 Å². The summed E-state index contributed by atoms with van der Waals surface area (Å²) in [5.41, 5.74) is -0.495. The Bertz CT molecular complexity index is 674. The SMILES string of the molecule is FCC(F)(F)C(F)(F)C(F)(F)OCC1(CCl)C=CC(c2ccccc2)C=C1. The molecule has 0 radical (unpaired) electrons. The van der Waals surface area contributed by atoms with Crippen LogP contribution in [0, 0.1) is 5.41 Å². The van der Waals surface area contributed by atoms with Crippen molar-refractivity contribution in [2.45, 2.75) is 23.9 Å². The molecule has 1 aromatic rings. The first-order valence-corrected chi connectivity index (χ1v) is 8.37. The molecule has 0 saturated carbocycles. The number of hydrogen-bond acceptors (Lipinski definition) is 1. The van der Waals surface area contributed by atoms with Crippen LogP contribution in [-0.2, 0) is 4.74 Å². The summed E-state index contributed by atoms with van der Waals surface area (Å²) in [4.78, 5) is 0. The zero-order valence-corrected chi connectivity index (χ0v) is 14.6. The maximum absolute atomic E-state index is 13.6. The number of alkyl halides is 8. The molecule has 0 fully saturated rings. The lowest BCUT2D eigenvalue weighted by molar-refractivity contribution is -0.401. The molecule has 0 aromatic heterocycles. The van der Waals surface area contributed by atoms with Gasteiger partial charge in [-0.25, -0.2) is 4.39 Å². The van der Waals surface area contributed by atoms with Crippen LogP contribution in [-0.4, -0.2) is 37.1 Å². The van der Waals surface area contributed by atoms with Crippen molar-refractivity contribution >= 4 is 11.6 Å². The van der Waals surface area contributed by atoms with Crippen molar-refractivity contribution in [3.63, 3.8) is 0 Å². The van der Waals surface area contributed by atoms with E-state index in [-0.39, 0.29) is 11.8 Å². The summed E-state index contributed by atoms with van der Waals surface area (Å²) < 4.78 is 95.4. The van der Waals surface area contributed by atoms with Gasteiger partial charge < -0.3 is 4.74 Å². The fraction of sp³-hybridized carbons (Fsp3) is 0.444. The van der Waals surface area contributed by atoms with E-state index in [9.17, 15) is 30.7 Å². The third kappa shape index (κ3) is 4.32. The summed E-state index contributed by atoms with van der Waals surface area (Å²) in [6.07, 6.45) is 0.457. The highest BCUT2D eigenvalue weighted by molar-refractivity contribution is 6.18. The lowest BCUT2D eigenvalue weighted by Crippen LogP contribution is -2.57. The fourth-order valence-corrected chi connectivity index (χ4v) is 2.70. The second kappa shape index (κ2) is 7.83. The number of allylic oxidation sites excluding steroid dienone is 2. The van der Waals surface area contributed by atoms with Gasteiger partial charge in [-0.2, -0.15) is 26.3 Å². The van der Waals surface area contributed by atoms with Gasteiger partial charge in [0, 0.05) is 17.2 Å². The number of rotatable bonds is 8. The Kier molecular flexibility index (Phi) is 6.31. The normalized spacial score (nSPS) is 23.6. The zero-order valence-electron chi connectivity index (χ0n) is 13.8. The number of ether oxygens (including phenoxy) is 1. The minimum absolute atomic E-state index is 0.194. The molecule has 0 unspecified atom stereocenters. The smallest absolute Gasteiger partial charge is 0.314 e. The molecule has 0 spiro atoms. The maximum atomic E-state index is 13.6. The molecule has 2 rings (SSSR count). The van der Waals surface area contributed by atoms with Gasteiger partial charge >= 0.3 is 18.0 Å². The highest BCUT2D eigenvalue weighted by Crippen LogP contribution is 2.47. The first-order valence-electron chi connectivity index (χ1n) is 7.83. The summed E-state index contributed by atoms with van der Waals surface area (Å²) in [5, 5.41) is 0. The lowest BCUT2D eigenvalue weighted by Gasteiger charge is -2.34. The standard InChI is InChI=1S/C18H16ClF7O/c19-10-15(8-6-14(7-9-15)13-4-2-1-3-5-13)12-27-18(25,26)17(23,24)16(21,22)11-20/h1-9,14H,10-12H2. The summed E-state index contributed by atoms with van der Waals surface area (Å²) in [5.74, 6) is -12.1. The number of hydrogen-bond donors (Lipinski definition) is 0. The fourth-order valence-electron chi connectivity index (χ4n) is 2.44. The van der Waals surface area contributed by atoms with Gasteiger partial charge in [0.1, 0.15) is 0 Å². The minimum Gasteiger partial charge on any atom is -0.314 e. The molecule has 150 valence electrons. The van der Waals surface area contributed by atoms with Gasteiger partial charge in [0.15, 0.2) is 6.67 Å². The van der Waals surface area contributed by atoms with Crippen LogP contribution in [0.15, 0.2) is 54.6 Å². The Balaban J connectivity index is 2.13. The summed E-state index contributed by atoms with van der Waals surface area (Å²) in [6.45, 7) is -4.03. The third-order valence-corrected chi connectivity index (χ3v) is 4.72. The third-order valence-electron chi connectivity index (χ3n) is 4.22. The van der Waals surface area contributed by atoms with Crippen LogP contribution in [0.5, 0.6) is 0 Å². The van der Waals surface area contributed by atoms with Crippen molar-refractivity contribution < 1.29 is 35.5 Å². The molecule has 0 amide bonds. The van der Waals surface area contributed by atoms with Crippen LogP contribution in [0.1, 0.15) is 11.5 Å². The maximum Gasteiger partial charge on any atom is 0.425 e. The van der Waals surface area contributed by atoms with Crippen molar-refractivity contribution in [1.82, 2.24) is 0 Å². The second-order valence-corrected chi connectivity index (χ2v) is 6.51. The molecular formula is C18H16ClF7O. The first kappa shape index (κ1) is 21.8. The molecule has 9 heteroatoms. The summed E-state index contributed by atoms with van der Waals surface area (Å²) in [7, 11) is 0. The lowest BCUT2D eigenvalue weighted by atomic mass is 9.82. The molecule has 0 heterocycles. The Labute approximate surface area is 156 Å². The monoisotopic (exact) mass is 416 g/mol. The van der Waals surface area contributed by atoms with E-state index in [0.717, 1.165) is 5.56 Å². The molecule has 1 aromatic carbocycles. The van der Waals surface area contributed by atoms with E-state index in [1.807, 2.05) is 18.2 Å². The Morgan fingerprint density at radius 3 is 2.00 bits per heavy atom. The second-order valence-electron chi connectivity index (χ2n) is 6.24. The van der Waals surface area contributed by atoms with Crippen molar-refractivity contribution in [3.05, 3.63) is 60.2 Å². The summed E-state index contributed by atoms with van der Waals surface area (Å²) >= 11 is 5.77. The van der Waals surface area contributed by atoms with Crippen LogP contribution in [0.4, 0.5) is 30.7 Å². The minimum atomic E-state index is -6.02. The predicted molar refractivity (Wildman–Crippen MR) is 87.4 cm³/mol. The van der Waals surface area contributed by atoms with Gasteiger partial charge in [-0.1, -0.05) is 54.6 Å². The van der Waals surface area contributed by atoms with Gasteiger partial charge in [-0.15, -0.1) is 11.6 Å². The average molecular weight is 417 g/mol. The number of benzene rings is 1. The molecule has 0 N–H and O–H groups in total. The quantitative estimate of drug-likeness (QED) is 0.288. The van der Waals surface area contributed by atoms with Crippen molar-refractivity contribution in [1.29, 1.82) is 0 Å². The largest absolute Gasteiger partial charge is 0.425 e. The van der Waals surface area contributed by atoms with Crippen LogP contribution >= 0.6 is 11.6 Å². The van der Waals surface area contributed by atoms with E-state index in [0.29, 0.717) is 0 Å². The molecular weight excluding hydrogens is 401 g/mol. The van der Waals surface area contributed by atoms with Crippen molar-refractivity contribution in [2.24, 2.45) is 5.41 Å². The van der Waals surface area contributed by atoms with Gasteiger partial charge in [0.25, 0.3) is 0 Å². The van der Waals surface area contributed by atoms with Crippen molar-refractivity contribution in [3.8, 4) is 0 Å². The van der Waals surface area contributed by atoms with E-state index in [4.69, 9.17) is 11.6 Å². The van der Waals surface area contributed by atoms with E-state index in [2.05, 4.69) is 4.74 Å².